The van der Waals surface area contributed by atoms with Crippen LogP contribution in [0.1, 0.15) is 25.8 Å². The highest BCUT2D eigenvalue weighted by Crippen LogP contribution is 2.34. The highest BCUT2D eigenvalue weighted by Gasteiger charge is 2.34. The van der Waals surface area contributed by atoms with Crippen LogP contribution in [0.25, 0.3) is 0 Å². The van der Waals surface area contributed by atoms with Crippen LogP contribution in [-0.4, -0.2) is 82.3 Å². The topological polar surface area (TPSA) is 148 Å². The third-order valence-electron chi connectivity index (χ3n) is 4.37. The lowest BCUT2D eigenvalue weighted by atomic mass is 9.80. The van der Waals surface area contributed by atoms with Crippen LogP contribution in [0.3, 0.4) is 0 Å². The van der Waals surface area contributed by atoms with Gasteiger partial charge in [-0.2, -0.15) is 0 Å². The molecule has 5 N–H and O–H groups in total. The van der Waals surface area contributed by atoms with Crippen LogP contribution in [0.15, 0.2) is 24.3 Å². The van der Waals surface area contributed by atoms with Gasteiger partial charge in [0.25, 0.3) is 0 Å². The van der Waals surface area contributed by atoms with Gasteiger partial charge in [-0.3, -0.25) is 0 Å². The van der Waals surface area contributed by atoms with Gasteiger partial charge in [-0.1, -0.05) is 26.0 Å². The van der Waals surface area contributed by atoms with Gasteiger partial charge in [0.15, 0.2) is 12.2 Å². The highest BCUT2D eigenvalue weighted by molar-refractivity contribution is 5.83. The van der Waals surface area contributed by atoms with E-state index in [2.05, 4.69) is 11.8 Å². The number of carboxylic acids is 2. The number of rotatable bonds is 9. The maximum absolute atomic E-state index is 10.9. The van der Waals surface area contributed by atoms with Crippen molar-refractivity contribution in [2.75, 3.05) is 27.7 Å². The molecule has 28 heavy (non-hydrogen) atoms. The van der Waals surface area contributed by atoms with E-state index in [9.17, 15) is 14.7 Å². The minimum Gasteiger partial charge on any atom is -0.497 e. The van der Waals surface area contributed by atoms with E-state index in [1.54, 1.807) is 7.11 Å². The van der Waals surface area contributed by atoms with Gasteiger partial charge in [0.05, 0.1) is 12.7 Å². The average molecular weight is 401 g/mol. The first-order chi connectivity index (χ1) is 12.9. The van der Waals surface area contributed by atoms with Crippen molar-refractivity contribution in [1.82, 2.24) is 4.90 Å². The summed E-state index contributed by atoms with van der Waals surface area (Å²) >= 11 is 0. The third kappa shape index (κ3) is 7.43. The Morgan fingerprint density at radius 2 is 1.64 bits per heavy atom. The van der Waals surface area contributed by atoms with E-state index >= 15 is 0 Å². The summed E-state index contributed by atoms with van der Waals surface area (Å²) in [4.78, 5) is 21.6. The molecule has 0 amide bonds. The van der Waals surface area contributed by atoms with Gasteiger partial charge in [-0.05, 0) is 38.2 Å². The summed E-state index contributed by atoms with van der Waals surface area (Å²) in [5.74, 6) is -2.59. The number of nitrogens with zero attached hydrogens (tertiary/aromatic N) is 1. The van der Waals surface area contributed by atoms with Gasteiger partial charge >= 0.3 is 11.9 Å². The maximum atomic E-state index is 10.9. The van der Waals surface area contributed by atoms with Crippen molar-refractivity contribution in [3.8, 4) is 5.75 Å². The van der Waals surface area contributed by atoms with Gasteiger partial charge in [0, 0.05) is 12.5 Å². The van der Waals surface area contributed by atoms with Crippen LogP contribution in [0.5, 0.6) is 5.75 Å². The molecule has 1 aromatic carbocycles. The second kappa shape index (κ2) is 11.6. The summed E-state index contributed by atoms with van der Waals surface area (Å²) in [6.07, 6.45) is -3.84. The van der Waals surface area contributed by atoms with Crippen LogP contribution >= 0.6 is 0 Å². The van der Waals surface area contributed by atoms with E-state index in [1.807, 2.05) is 45.3 Å². The van der Waals surface area contributed by atoms with E-state index in [4.69, 9.17) is 25.2 Å². The zero-order valence-corrected chi connectivity index (χ0v) is 16.9. The largest absolute Gasteiger partial charge is 0.497 e. The standard InChI is InChI=1S/C15H25NO2.C4H6O6/c1-6-15(17,12(2)11-16(3)4)13-8-7-9-14(10-13)18-5;5-1(3(7)8)2(6)4(9)10/h7-10,12,17H,6,11H2,1-5H3;1-2,5-6H,(H,7,8)(H,9,10)/t12-,15+;/m0./s1. The summed E-state index contributed by atoms with van der Waals surface area (Å²) in [7, 11) is 5.70. The lowest BCUT2D eigenvalue weighted by molar-refractivity contribution is -0.165. The zero-order chi connectivity index (χ0) is 22.1. The first-order valence-corrected chi connectivity index (χ1v) is 8.74. The minimum atomic E-state index is -2.27. The molecule has 1 rings (SSSR count). The van der Waals surface area contributed by atoms with Crippen LogP contribution in [0.2, 0.25) is 0 Å². The van der Waals surface area contributed by atoms with Crippen LogP contribution < -0.4 is 4.74 Å². The van der Waals surface area contributed by atoms with E-state index in [1.165, 1.54) is 0 Å². The normalized spacial score (nSPS) is 16.2. The Hall–Kier alpha value is -2.20. The molecule has 0 saturated carbocycles. The molecule has 0 aliphatic rings. The molecule has 160 valence electrons. The van der Waals surface area contributed by atoms with Crippen molar-refractivity contribution in [2.45, 2.75) is 38.1 Å². The molecule has 9 nitrogen and oxygen atoms in total. The molecular formula is C19H31NO8. The second-order valence-corrected chi connectivity index (χ2v) is 6.74. The minimum absolute atomic E-state index is 0.157. The van der Waals surface area contributed by atoms with E-state index in [0.29, 0.717) is 6.42 Å². The number of carbonyl (C=O) groups is 2. The molecule has 0 fully saturated rings. The molecule has 1 aromatic rings. The van der Waals surface area contributed by atoms with Crippen molar-refractivity contribution in [2.24, 2.45) is 5.92 Å². The number of benzene rings is 1. The van der Waals surface area contributed by atoms with Gasteiger partial charge in [0.2, 0.25) is 0 Å². The predicted molar refractivity (Wildman–Crippen MR) is 102 cm³/mol. The number of aliphatic hydroxyl groups excluding tert-OH is 2. The summed E-state index contributed by atoms with van der Waals surface area (Å²) in [6.45, 7) is 4.95. The molecule has 2 unspecified atom stereocenters. The Labute approximate surface area is 164 Å². The Morgan fingerprint density at radius 1 is 1.14 bits per heavy atom. The summed E-state index contributed by atoms with van der Waals surface area (Å²) in [6, 6.07) is 7.72. The van der Waals surface area contributed by atoms with E-state index in [0.717, 1.165) is 17.9 Å². The van der Waals surface area contributed by atoms with Crippen molar-refractivity contribution < 1.29 is 39.9 Å². The zero-order valence-electron chi connectivity index (χ0n) is 16.9. The molecule has 0 bridgehead atoms. The summed E-state index contributed by atoms with van der Waals surface area (Å²) in [5, 5.41) is 43.5. The summed E-state index contributed by atoms with van der Waals surface area (Å²) in [5.41, 5.74) is 0.123. The average Bonchev–Trinajstić information content (AvgIpc) is 2.65. The first kappa shape index (κ1) is 25.8. The van der Waals surface area contributed by atoms with E-state index < -0.39 is 29.7 Å². The molecule has 0 saturated heterocycles. The quantitative estimate of drug-likeness (QED) is 0.396. The summed E-state index contributed by atoms with van der Waals surface area (Å²) < 4.78 is 5.23. The maximum Gasteiger partial charge on any atom is 0.335 e. The van der Waals surface area contributed by atoms with Crippen molar-refractivity contribution >= 4 is 11.9 Å². The van der Waals surface area contributed by atoms with Crippen LogP contribution in [-0.2, 0) is 15.2 Å². The molecule has 9 heteroatoms. The lowest BCUT2D eigenvalue weighted by Crippen LogP contribution is -2.39. The first-order valence-electron chi connectivity index (χ1n) is 8.74. The molecule has 0 radical (unpaired) electrons. The van der Waals surface area contributed by atoms with Gasteiger partial charge in [-0.25, -0.2) is 9.59 Å². The highest BCUT2D eigenvalue weighted by atomic mass is 16.5. The number of ether oxygens (including phenoxy) is 1. The third-order valence-corrected chi connectivity index (χ3v) is 4.37. The number of methoxy groups -OCH3 is 1. The molecule has 0 aromatic heterocycles. The van der Waals surface area contributed by atoms with Crippen molar-refractivity contribution in [3.63, 3.8) is 0 Å². The SMILES string of the molecule is CC[C@](O)(c1cccc(OC)c1)[C@@H](C)CN(C)C.O=C(O)C(O)C(O)C(=O)O. The Balaban J connectivity index is 0.000000621. The number of aliphatic hydroxyl groups is 3. The van der Waals surface area contributed by atoms with Gasteiger partial charge in [0.1, 0.15) is 5.75 Å². The molecule has 0 aliphatic carbocycles. The molecule has 4 atom stereocenters. The molecule has 0 aliphatic heterocycles. The lowest BCUT2D eigenvalue weighted by Gasteiger charge is -2.35. The Bertz CT molecular complexity index is 618. The fraction of sp³-hybridized carbons (Fsp3) is 0.579. The molecule has 0 spiro atoms. The fourth-order valence-corrected chi connectivity index (χ4v) is 2.70. The van der Waals surface area contributed by atoms with Gasteiger partial charge < -0.3 is 35.2 Å². The molecular weight excluding hydrogens is 370 g/mol. The van der Waals surface area contributed by atoms with Gasteiger partial charge in [-0.15, -0.1) is 0 Å². The molecule has 0 heterocycles. The van der Waals surface area contributed by atoms with Crippen LogP contribution in [0.4, 0.5) is 0 Å². The Kier molecular flexibility index (Phi) is 10.7. The van der Waals surface area contributed by atoms with E-state index in [-0.39, 0.29) is 5.92 Å². The Morgan fingerprint density at radius 3 is 2.00 bits per heavy atom. The monoisotopic (exact) mass is 401 g/mol. The number of hydrogen-bond donors (Lipinski definition) is 5. The number of hydrogen-bond acceptors (Lipinski definition) is 7. The fourth-order valence-electron chi connectivity index (χ4n) is 2.70. The van der Waals surface area contributed by atoms with Crippen LogP contribution in [0, 0.1) is 5.92 Å². The second-order valence-electron chi connectivity index (χ2n) is 6.74. The van der Waals surface area contributed by atoms with Crippen molar-refractivity contribution in [3.05, 3.63) is 29.8 Å². The number of carboxylic acid groups (broad SMARTS) is 2. The number of aliphatic carboxylic acids is 2. The predicted octanol–water partition coefficient (Wildman–Crippen LogP) is 0.368. The van der Waals surface area contributed by atoms with Crippen molar-refractivity contribution in [1.29, 1.82) is 0 Å². The smallest absolute Gasteiger partial charge is 0.335 e.